The van der Waals surface area contributed by atoms with E-state index in [1.807, 2.05) is 6.92 Å². The molecule has 0 saturated carbocycles. The van der Waals surface area contributed by atoms with Gasteiger partial charge in [0.15, 0.2) is 0 Å². The molecular formula is C10H18O2. The Morgan fingerprint density at radius 3 is 2.00 bits per heavy atom. The van der Waals surface area contributed by atoms with Crippen LogP contribution in [0.5, 0.6) is 0 Å². The van der Waals surface area contributed by atoms with Gasteiger partial charge in [-0.3, -0.25) is 4.79 Å². The maximum absolute atomic E-state index is 10.3. The molecule has 0 saturated heterocycles. The average Bonchev–Trinajstić information content (AvgIpc) is 2.00. The number of aliphatic carboxylic acids is 1. The van der Waals surface area contributed by atoms with Gasteiger partial charge in [0.25, 0.3) is 0 Å². The van der Waals surface area contributed by atoms with Crippen LogP contribution in [-0.2, 0) is 4.79 Å². The summed E-state index contributed by atoms with van der Waals surface area (Å²) in [6.45, 7) is 6.24. The summed E-state index contributed by atoms with van der Waals surface area (Å²) < 4.78 is 0. The highest BCUT2D eigenvalue weighted by atomic mass is 16.4. The molecule has 0 aliphatic carbocycles. The molecule has 0 aromatic rings. The van der Waals surface area contributed by atoms with Crippen LogP contribution in [0.2, 0.25) is 0 Å². The van der Waals surface area contributed by atoms with Crippen LogP contribution in [-0.4, -0.2) is 11.1 Å². The van der Waals surface area contributed by atoms with E-state index in [1.54, 1.807) is 0 Å². The zero-order chi connectivity index (χ0) is 9.56. The molecule has 0 rings (SSSR count). The second-order valence-corrected chi connectivity index (χ2v) is 3.20. The third-order valence-corrected chi connectivity index (χ3v) is 2.07. The molecule has 70 valence electrons. The van der Waals surface area contributed by atoms with E-state index in [9.17, 15) is 4.79 Å². The predicted molar refractivity (Wildman–Crippen MR) is 50.2 cm³/mol. The highest BCUT2D eigenvalue weighted by molar-refractivity contribution is 5.67. The Kier molecular flexibility index (Phi) is 5.43. The summed E-state index contributed by atoms with van der Waals surface area (Å²) >= 11 is 0. The summed E-state index contributed by atoms with van der Waals surface area (Å²) in [7, 11) is 0. The average molecular weight is 170 g/mol. The number of rotatable bonds is 5. The molecule has 0 unspecified atom stereocenters. The number of carboxylic acid groups (broad SMARTS) is 1. The van der Waals surface area contributed by atoms with Crippen LogP contribution < -0.4 is 0 Å². The van der Waals surface area contributed by atoms with Gasteiger partial charge >= 0.3 is 5.97 Å². The molecule has 0 bridgehead atoms. The van der Waals surface area contributed by atoms with Crippen LogP contribution in [0.25, 0.3) is 0 Å². The molecule has 0 fully saturated rings. The van der Waals surface area contributed by atoms with E-state index < -0.39 is 5.97 Å². The Balaban J connectivity index is 3.89. The lowest BCUT2D eigenvalue weighted by Crippen LogP contribution is -1.95. The van der Waals surface area contributed by atoms with Crippen molar-refractivity contribution in [2.24, 2.45) is 0 Å². The van der Waals surface area contributed by atoms with Crippen molar-refractivity contribution in [1.82, 2.24) is 0 Å². The minimum Gasteiger partial charge on any atom is -0.481 e. The molecule has 2 nitrogen and oxygen atoms in total. The Labute approximate surface area is 74.3 Å². The van der Waals surface area contributed by atoms with Gasteiger partial charge in [0.1, 0.15) is 0 Å². The van der Waals surface area contributed by atoms with Crippen LogP contribution in [0.1, 0.15) is 46.5 Å². The van der Waals surface area contributed by atoms with E-state index in [1.165, 1.54) is 11.1 Å². The molecule has 0 atom stereocenters. The molecule has 1 N–H and O–H groups in total. The summed E-state index contributed by atoms with van der Waals surface area (Å²) in [5.74, 6) is -0.710. The minimum absolute atomic E-state index is 0.257. The Morgan fingerprint density at radius 2 is 1.58 bits per heavy atom. The summed E-state index contributed by atoms with van der Waals surface area (Å²) in [6, 6.07) is 0. The zero-order valence-corrected chi connectivity index (χ0v) is 8.18. The fourth-order valence-corrected chi connectivity index (χ4v) is 1.10. The van der Waals surface area contributed by atoms with Crippen molar-refractivity contribution in [3.8, 4) is 0 Å². The van der Waals surface area contributed by atoms with E-state index >= 15 is 0 Å². The molecule has 0 aromatic heterocycles. The molecule has 12 heavy (non-hydrogen) atoms. The van der Waals surface area contributed by atoms with Gasteiger partial charge in [0.05, 0.1) is 0 Å². The van der Waals surface area contributed by atoms with Gasteiger partial charge < -0.3 is 5.11 Å². The first-order valence-corrected chi connectivity index (χ1v) is 4.45. The Bertz CT molecular complexity index is 180. The first-order chi connectivity index (χ1) is 5.57. The molecule has 0 heterocycles. The van der Waals surface area contributed by atoms with Crippen molar-refractivity contribution in [1.29, 1.82) is 0 Å². The third kappa shape index (κ3) is 4.94. The molecule has 0 aliphatic rings. The smallest absolute Gasteiger partial charge is 0.303 e. The summed E-state index contributed by atoms with van der Waals surface area (Å²) in [5, 5.41) is 8.45. The van der Waals surface area contributed by atoms with Crippen LogP contribution in [0, 0.1) is 0 Å². The highest BCUT2D eigenvalue weighted by Gasteiger charge is 2.00. The molecule has 0 aromatic carbocycles. The molecule has 2 heteroatoms. The topological polar surface area (TPSA) is 37.3 Å². The van der Waals surface area contributed by atoms with E-state index in [4.69, 9.17) is 5.11 Å². The lowest BCUT2D eigenvalue weighted by Gasteiger charge is -2.04. The van der Waals surface area contributed by atoms with Crippen molar-refractivity contribution < 1.29 is 9.90 Å². The summed E-state index contributed by atoms with van der Waals surface area (Å²) in [4.78, 5) is 10.3. The number of hydrogen-bond acceptors (Lipinski definition) is 1. The number of allylic oxidation sites excluding steroid dienone is 2. The second-order valence-electron chi connectivity index (χ2n) is 3.20. The van der Waals surface area contributed by atoms with Gasteiger partial charge in [-0.15, -0.1) is 0 Å². The van der Waals surface area contributed by atoms with Gasteiger partial charge in [-0.2, -0.15) is 0 Å². The predicted octanol–water partition coefficient (Wildman–Crippen LogP) is 2.99. The normalized spacial score (nSPS) is 12.6. The van der Waals surface area contributed by atoms with Gasteiger partial charge in [0, 0.05) is 6.42 Å². The van der Waals surface area contributed by atoms with Gasteiger partial charge in [-0.25, -0.2) is 0 Å². The van der Waals surface area contributed by atoms with Crippen molar-refractivity contribution in [3.63, 3.8) is 0 Å². The van der Waals surface area contributed by atoms with Gasteiger partial charge in [-0.05, 0) is 26.7 Å². The van der Waals surface area contributed by atoms with Crippen LogP contribution in [0.3, 0.4) is 0 Å². The Hall–Kier alpha value is -0.790. The largest absolute Gasteiger partial charge is 0.481 e. The Morgan fingerprint density at radius 1 is 1.08 bits per heavy atom. The van der Waals surface area contributed by atoms with E-state index in [0.29, 0.717) is 6.42 Å². The molecule has 0 radical (unpaired) electrons. The van der Waals surface area contributed by atoms with Crippen molar-refractivity contribution in [2.75, 3.05) is 0 Å². The van der Waals surface area contributed by atoms with Crippen molar-refractivity contribution in [3.05, 3.63) is 11.1 Å². The SMILES string of the molecule is CCCC(C)=C(C)CCC(=O)O. The standard InChI is InChI=1S/C10H18O2/c1-4-5-8(2)9(3)6-7-10(11)12/h4-7H2,1-3H3,(H,11,12). The molecule has 0 spiro atoms. The third-order valence-electron chi connectivity index (χ3n) is 2.07. The van der Waals surface area contributed by atoms with E-state index in [-0.39, 0.29) is 6.42 Å². The fraction of sp³-hybridized carbons (Fsp3) is 0.700. The monoisotopic (exact) mass is 170 g/mol. The first-order valence-electron chi connectivity index (χ1n) is 4.45. The molecule has 0 amide bonds. The minimum atomic E-state index is -0.710. The van der Waals surface area contributed by atoms with Crippen LogP contribution in [0.4, 0.5) is 0 Å². The lowest BCUT2D eigenvalue weighted by atomic mass is 10.0. The maximum atomic E-state index is 10.3. The quantitative estimate of drug-likeness (QED) is 0.644. The van der Waals surface area contributed by atoms with Gasteiger partial charge in [-0.1, -0.05) is 24.5 Å². The summed E-state index contributed by atoms with van der Waals surface area (Å²) in [6.07, 6.45) is 3.18. The lowest BCUT2D eigenvalue weighted by molar-refractivity contribution is -0.136. The summed E-state index contributed by atoms with van der Waals surface area (Å²) in [5.41, 5.74) is 2.58. The maximum Gasteiger partial charge on any atom is 0.303 e. The number of carbonyl (C=O) groups is 1. The highest BCUT2D eigenvalue weighted by Crippen LogP contribution is 2.14. The van der Waals surface area contributed by atoms with E-state index in [0.717, 1.165) is 12.8 Å². The van der Waals surface area contributed by atoms with E-state index in [2.05, 4.69) is 13.8 Å². The fourth-order valence-electron chi connectivity index (χ4n) is 1.10. The number of carboxylic acids is 1. The van der Waals surface area contributed by atoms with Gasteiger partial charge in [0.2, 0.25) is 0 Å². The van der Waals surface area contributed by atoms with Crippen molar-refractivity contribution >= 4 is 5.97 Å². The van der Waals surface area contributed by atoms with Crippen LogP contribution in [0.15, 0.2) is 11.1 Å². The first kappa shape index (κ1) is 11.2. The van der Waals surface area contributed by atoms with Crippen molar-refractivity contribution in [2.45, 2.75) is 46.5 Å². The second kappa shape index (κ2) is 5.81. The molecule has 0 aliphatic heterocycles. The number of hydrogen-bond donors (Lipinski definition) is 1. The molecular weight excluding hydrogens is 152 g/mol. The van der Waals surface area contributed by atoms with Crippen LogP contribution >= 0.6 is 0 Å². The zero-order valence-electron chi connectivity index (χ0n) is 8.18.